The summed E-state index contributed by atoms with van der Waals surface area (Å²) in [5, 5.41) is 2.85. The van der Waals surface area contributed by atoms with Gasteiger partial charge in [-0.05, 0) is 36.5 Å². The third-order valence-electron chi connectivity index (χ3n) is 3.05. The Balaban J connectivity index is 2.50. The molecule has 0 bridgehead atoms. The number of benzene rings is 1. The van der Waals surface area contributed by atoms with Crippen molar-refractivity contribution in [3.05, 3.63) is 35.6 Å². The quantitative estimate of drug-likeness (QED) is 0.870. The standard InChI is InChI=1S/C16H25FN2O/c1-11(12-6-5-7-13(17)8-12)19-15(20)9-14(18)10-16(2,3)4/h5-8,11,14H,9-10,18H2,1-4H3,(H,19,20)/t11-,14?/m0/s1. The van der Waals surface area contributed by atoms with Crippen LogP contribution in [0, 0.1) is 11.2 Å². The van der Waals surface area contributed by atoms with E-state index in [-0.39, 0.29) is 35.6 Å². The number of hydrogen-bond donors (Lipinski definition) is 2. The Bertz CT molecular complexity index is 454. The second-order valence-corrected chi connectivity index (χ2v) is 6.57. The summed E-state index contributed by atoms with van der Waals surface area (Å²) in [6.07, 6.45) is 1.08. The lowest BCUT2D eigenvalue weighted by Crippen LogP contribution is -2.35. The van der Waals surface area contributed by atoms with Gasteiger partial charge < -0.3 is 11.1 Å². The van der Waals surface area contributed by atoms with Gasteiger partial charge in [-0.25, -0.2) is 4.39 Å². The lowest BCUT2D eigenvalue weighted by molar-refractivity contribution is -0.122. The molecule has 0 spiro atoms. The highest BCUT2D eigenvalue weighted by molar-refractivity contribution is 5.77. The molecule has 0 saturated carbocycles. The molecule has 0 aliphatic rings. The van der Waals surface area contributed by atoms with E-state index in [2.05, 4.69) is 26.1 Å². The summed E-state index contributed by atoms with van der Waals surface area (Å²) in [6.45, 7) is 8.13. The molecule has 3 nitrogen and oxygen atoms in total. The topological polar surface area (TPSA) is 55.1 Å². The Morgan fingerprint density at radius 2 is 2.05 bits per heavy atom. The van der Waals surface area contributed by atoms with Crippen LogP contribution in [0.2, 0.25) is 0 Å². The van der Waals surface area contributed by atoms with Crippen molar-refractivity contribution in [3.63, 3.8) is 0 Å². The van der Waals surface area contributed by atoms with Crippen LogP contribution in [0.25, 0.3) is 0 Å². The minimum Gasteiger partial charge on any atom is -0.350 e. The van der Waals surface area contributed by atoms with E-state index in [1.807, 2.05) is 6.92 Å². The van der Waals surface area contributed by atoms with Gasteiger partial charge in [-0.15, -0.1) is 0 Å². The zero-order valence-corrected chi connectivity index (χ0v) is 12.7. The number of carbonyl (C=O) groups is 1. The van der Waals surface area contributed by atoms with Gasteiger partial charge in [-0.2, -0.15) is 0 Å². The predicted molar refractivity (Wildman–Crippen MR) is 79.6 cm³/mol. The maximum atomic E-state index is 13.1. The zero-order chi connectivity index (χ0) is 15.3. The summed E-state index contributed by atoms with van der Waals surface area (Å²) in [5.41, 5.74) is 6.84. The van der Waals surface area contributed by atoms with Gasteiger partial charge in [0.05, 0.1) is 6.04 Å². The first-order valence-electron chi connectivity index (χ1n) is 6.98. The summed E-state index contributed by atoms with van der Waals surface area (Å²) in [6, 6.07) is 5.87. The lowest BCUT2D eigenvalue weighted by atomic mass is 9.87. The van der Waals surface area contributed by atoms with E-state index in [9.17, 15) is 9.18 Å². The lowest BCUT2D eigenvalue weighted by Gasteiger charge is -2.23. The van der Waals surface area contributed by atoms with Crippen LogP contribution >= 0.6 is 0 Å². The summed E-state index contributed by atoms with van der Waals surface area (Å²) in [4.78, 5) is 11.9. The molecule has 0 heterocycles. The van der Waals surface area contributed by atoms with Crippen molar-refractivity contribution >= 4 is 5.91 Å². The first-order valence-corrected chi connectivity index (χ1v) is 6.98. The van der Waals surface area contributed by atoms with E-state index in [0.717, 1.165) is 12.0 Å². The first kappa shape index (κ1) is 16.6. The highest BCUT2D eigenvalue weighted by atomic mass is 19.1. The fourth-order valence-corrected chi connectivity index (χ4v) is 2.26. The minimum absolute atomic E-state index is 0.0986. The van der Waals surface area contributed by atoms with Gasteiger partial charge in [0.2, 0.25) is 5.91 Å². The molecule has 1 aromatic carbocycles. The molecule has 0 saturated heterocycles. The van der Waals surface area contributed by atoms with Crippen molar-refractivity contribution in [3.8, 4) is 0 Å². The van der Waals surface area contributed by atoms with Crippen LogP contribution in [0.4, 0.5) is 4.39 Å². The SMILES string of the molecule is C[C@H](NC(=O)CC(N)CC(C)(C)C)c1cccc(F)c1. The molecular formula is C16H25FN2O. The molecule has 1 rings (SSSR count). The van der Waals surface area contributed by atoms with Crippen molar-refractivity contribution in [2.75, 3.05) is 0 Å². The molecule has 1 aromatic rings. The van der Waals surface area contributed by atoms with Gasteiger partial charge in [0, 0.05) is 12.5 Å². The van der Waals surface area contributed by atoms with E-state index in [1.54, 1.807) is 12.1 Å². The maximum absolute atomic E-state index is 13.1. The monoisotopic (exact) mass is 280 g/mol. The summed E-state index contributed by atoms with van der Waals surface area (Å²) < 4.78 is 13.1. The van der Waals surface area contributed by atoms with Crippen LogP contribution < -0.4 is 11.1 Å². The molecule has 0 fully saturated rings. The Morgan fingerprint density at radius 3 is 2.60 bits per heavy atom. The van der Waals surface area contributed by atoms with Crippen LogP contribution in [-0.4, -0.2) is 11.9 Å². The highest BCUT2D eigenvalue weighted by Crippen LogP contribution is 2.21. The number of nitrogens with one attached hydrogen (secondary N) is 1. The molecule has 2 atom stereocenters. The van der Waals surface area contributed by atoms with Crippen molar-refractivity contribution in [1.82, 2.24) is 5.32 Å². The molecule has 1 unspecified atom stereocenters. The molecular weight excluding hydrogens is 255 g/mol. The fourth-order valence-electron chi connectivity index (χ4n) is 2.26. The number of rotatable bonds is 5. The summed E-state index contributed by atoms with van der Waals surface area (Å²) >= 11 is 0. The number of carbonyl (C=O) groups excluding carboxylic acids is 1. The van der Waals surface area contributed by atoms with Crippen LogP contribution in [0.15, 0.2) is 24.3 Å². The molecule has 0 aliphatic carbocycles. The average Bonchev–Trinajstić information content (AvgIpc) is 2.25. The van der Waals surface area contributed by atoms with Gasteiger partial charge in [0.15, 0.2) is 0 Å². The van der Waals surface area contributed by atoms with Gasteiger partial charge >= 0.3 is 0 Å². The molecule has 1 amide bonds. The molecule has 112 valence electrons. The number of amides is 1. The molecule has 0 radical (unpaired) electrons. The fraction of sp³-hybridized carbons (Fsp3) is 0.562. The second-order valence-electron chi connectivity index (χ2n) is 6.57. The van der Waals surface area contributed by atoms with E-state index in [4.69, 9.17) is 5.73 Å². The molecule has 0 aromatic heterocycles. The number of halogens is 1. The summed E-state index contributed by atoms with van der Waals surface area (Å²) in [7, 11) is 0. The van der Waals surface area contributed by atoms with E-state index in [1.165, 1.54) is 12.1 Å². The van der Waals surface area contributed by atoms with Crippen LogP contribution in [0.3, 0.4) is 0 Å². The molecule has 0 aliphatic heterocycles. The van der Waals surface area contributed by atoms with Gasteiger partial charge in [0.25, 0.3) is 0 Å². The largest absolute Gasteiger partial charge is 0.350 e. The number of hydrogen-bond acceptors (Lipinski definition) is 2. The number of nitrogens with two attached hydrogens (primary N) is 1. The van der Waals surface area contributed by atoms with Crippen LogP contribution in [-0.2, 0) is 4.79 Å². The Kier molecular flexibility index (Phi) is 5.69. The highest BCUT2D eigenvalue weighted by Gasteiger charge is 2.19. The van der Waals surface area contributed by atoms with E-state index < -0.39 is 0 Å². The normalized spacial score (nSPS) is 14.7. The molecule has 20 heavy (non-hydrogen) atoms. The molecule has 4 heteroatoms. The van der Waals surface area contributed by atoms with Crippen LogP contribution in [0.5, 0.6) is 0 Å². The Morgan fingerprint density at radius 1 is 1.40 bits per heavy atom. The van der Waals surface area contributed by atoms with Gasteiger partial charge in [0.1, 0.15) is 5.82 Å². The smallest absolute Gasteiger partial charge is 0.222 e. The van der Waals surface area contributed by atoms with Crippen LogP contribution in [0.1, 0.15) is 52.1 Å². The Labute approximate surface area is 120 Å². The van der Waals surface area contributed by atoms with E-state index in [0.29, 0.717) is 0 Å². The predicted octanol–water partition coefficient (Wildman–Crippen LogP) is 3.16. The van der Waals surface area contributed by atoms with Gasteiger partial charge in [-0.3, -0.25) is 4.79 Å². The van der Waals surface area contributed by atoms with Crippen molar-refractivity contribution in [2.24, 2.45) is 11.1 Å². The summed E-state index contributed by atoms with van der Waals surface area (Å²) in [5.74, 6) is -0.397. The maximum Gasteiger partial charge on any atom is 0.222 e. The molecule has 3 N–H and O–H groups in total. The third-order valence-corrected chi connectivity index (χ3v) is 3.05. The zero-order valence-electron chi connectivity index (χ0n) is 12.7. The van der Waals surface area contributed by atoms with Crippen molar-refractivity contribution in [2.45, 2.75) is 52.6 Å². The Hall–Kier alpha value is -1.42. The van der Waals surface area contributed by atoms with E-state index >= 15 is 0 Å². The first-order chi connectivity index (χ1) is 9.17. The van der Waals surface area contributed by atoms with Crippen molar-refractivity contribution < 1.29 is 9.18 Å². The second kappa shape index (κ2) is 6.84. The third kappa shape index (κ3) is 6.15. The van der Waals surface area contributed by atoms with Gasteiger partial charge in [-0.1, -0.05) is 32.9 Å². The van der Waals surface area contributed by atoms with Crippen molar-refractivity contribution in [1.29, 1.82) is 0 Å². The average molecular weight is 280 g/mol. The minimum atomic E-state index is -0.298.